The number of anilines is 2. The highest BCUT2D eigenvalue weighted by Crippen LogP contribution is 2.23. The number of hydrogen-bond acceptors (Lipinski definition) is 3. The van der Waals surface area contributed by atoms with E-state index in [-0.39, 0.29) is 6.42 Å². The van der Waals surface area contributed by atoms with Gasteiger partial charge in [0.15, 0.2) is 0 Å². The molecule has 0 aliphatic carbocycles. The summed E-state index contributed by atoms with van der Waals surface area (Å²) in [6.45, 7) is 3.58. The lowest BCUT2D eigenvalue weighted by atomic mass is 10.1. The summed E-state index contributed by atoms with van der Waals surface area (Å²) in [6, 6.07) is 7.66. The van der Waals surface area contributed by atoms with Gasteiger partial charge in [0.25, 0.3) is 0 Å². The molecule has 0 unspecified atom stereocenters. The Kier molecular flexibility index (Phi) is 7.55. The number of para-hydroxylation sites is 2. The molecule has 0 aliphatic rings. The lowest BCUT2D eigenvalue weighted by Crippen LogP contribution is -2.28. The largest absolute Gasteiger partial charge is 0.481 e. The molecule has 1 rings (SSSR count). The van der Waals surface area contributed by atoms with E-state index in [1.807, 2.05) is 24.3 Å². The monoisotopic (exact) mass is 278 g/mol. The predicted molar refractivity (Wildman–Crippen MR) is 84.1 cm³/mol. The van der Waals surface area contributed by atoms with Crippen LogP contribution in [0, 0.1) is 0 Å². The topological polar surface area (TPSA) is 66.6 Å². The summed E-state index contributed by atoms with van der Waals surface area (Å²) in [7, 11) is 0. The number of benzene rings is 1. The van der Waals surface area contributed by atoms with E-state index in [0.717, 1.165) is 18.7 Å². The molecule has 0 radical (unpaired) electrons. The lowest BCUT2D eigenvalue weighted by molar-refractivity contribution is -0.136. The first-order valence-corrected chi connectivity index (χ1v) is 7.46. The molecule has 0 aromatic heterocycles. The zero-order chi connectivity index (χ0) is 14.8. The zero-order valence-corrected chi connectivity index (χ0v) is 12.3. The molecule has 0 atom stereocenters. The smallest absolute Gasteiger partial charge is 0.305 e. The maximum absolute atomic E-state index is 10.8. The quantitative estimate of drug-likeness (QED) is 0.507. The first-order valence-electron chi connectivity index (χ1n) is 7.46. The second kappa shape index (κ2) is 9.23. The van der Waals surface area contributed by atoms with Crippen molar-refractivity contribution in [3.05, 3.63) is 24.3 Å². The number of hydrogen-bond donors (Lipinski definition) is 2. The highest BCUT2D eigenvalue weighted by Gasteiger charge is 2.10. The number of carboxylic acids is 1. The van der Waals surface area contributed by atoms with E-state index in [2.05, 4.69) is 11.8 Å². The van der Waals surface area contributed by atoms with Gasteiger partial charge in [0.2, 0.25) is 0 Å². The van der Waals surface area contributed by atoms with Gasteiger partial charge in [-0.3, -0.25) is 4.79 Å². The lowest BCUT2D eigenvalue weighted by Gasteiger charge is -2.25. The highest BCUT2D eigenvalue weighted by molar-refractivity contribution is 5.70. The minimum Gasteiger partial charge on any atom is -0.481 e. The third kappa shape index (κ3) is 5.95. The van der Waals surface area contributed by atoms with Crippen LogP contribution in [0.2, 0.25) is 0 Å². The zero-order valence-electron chi connectivity index (χ0n) is 12.3. The number of aliphatic carboxylic acids is 1. The number of nitrogens with zero attached hydrogens (tertiary/aromatic N) is 1. The van der Waals surface area contributed by atoms with Gasteiger partial charge >= 0.3 is 5.97 Å². The van der Waals surface area contributed by atoms with Gasteiger partial charge in [-0.2, -0.15) is 0 Å². The Labute approximate surface area is 121 Å². The molecule has 0 saturated carbocycles. The van der Waals surface area contributed by atoms with Gasteiger partial charge in [0, 0.05) is 13.1 Å². The van der Waals surface area contributed by atoms with E-state index in [0.29, 0.717) is 12.2 Å². The molecule has 4 nitrogen and oxygen atoms in total. The molecule has 0 saturated heterocycles. The Morgan fingerprint density at radius 3 is 2.50 bits per heavy atom. The van der Waals surface area contributed by atoms with Crippen LogP contribution in [0.1, 0.15) is 45.4 Å². The summed E-state index contributed by atoms with van der Waals surface area (Å²) < 4.78 is 0. The normalized spacial score (nSPS) is 10.4. The SMILES string of the molecule is CCCCCCCN(CCC(=O)O)c1ccccc1N. The number of rotatable bonds is 10. The van der Waals surface area contributed by atoms with Crippen LogP contribution in [0.5, 0.6) is 0 Å². The second-order valence-electron chi connectivity index (χ2n) is 5.10. The molecule has 0 spiro atoms. The van der Waals surface area contributed by atoms with Crippen molar-refractivity contribution >= 4 is 17.3 Å². The fourth-order valence-electron chi connectivity index (χ4n) is 2.27. The molecule has 0 fully saturated rings. The van der Waals surface area contributed by atoms with Crippen LogP contribution in [0.4, 0.5) is 11.4 Å². The van der Waals surface area contributed by atoms with Crippen LogP contribution in [-0.2, 0) is 4.79 Å². The van der Waals surface area contributed by atoms with Crippen molar-refractivity contribution in [2.24, 2.45) is 0 Å². The van der Waals surface area contributed by atoms with Crippen molar-refractivity contribution in [1.29, 1.82) is 0 Å². The molecule has 0 heterocycles. The summed E-state index contributed by atoms with van der Waals surface area (Å²) in [5.74, 6) is -0.768. The van der Waals surface area contributed by atoms with E-state index in [4.69, 9.17) is 10.8 Å². The average molecular weight is 278 g/mol. The predicted octanol–water partition coefficient (Wildman–Crippen LogP) is 3.52. The van der Waals surface area contributed by atoms with Gasteiger partial charge in [0.1, 0.15) is 0 Å². The van der Waals surface area contributed by atoms with Crippen molar-refractivity contribution in [1.82, 2.24) is 0 Å². The van der Waals surface area contributed by atoms with Gasteiger partial charge in [-0.25, -0.2) is 0 Å². The first-order chi connectivity index (χ1) is 9.65. The molecule has 4 heteroatoms. The minimum atomic E-state index is -0.768. The first kappa shape index (κ1) is 16.3. The summed E-state index contributed by atoms with van der Waals surface area (Å²) in [4.78, 5) is 12.9. The number of nitrogen functional groups attached to an aromatic ring is 1. The van der Waals surface area contributed by atoms with Crippen LogP contribution in [0.3, 0.4) is 0 Å². The molecule has 20 heavy (non-hydrogen) atoms. The molecular weight excluding hydrogens is 252 g/mol. The number of unbranched alkanes of at least 4 members (excludes halogenated alkanes) is 4. The van der Waals surface area contributed by atoms with Crippen LogP contribution in [0.15, 0.2) is 24.3 Å². The highest BCUT2D eigenvalue weighted by atomic mass is 16.4. The summed E-state index contributed by atoms with van der Waals surface area (Å²) in [5.41, 5.74) is 7.65. The molecule has 0 amide bonds. The Balaban J connectivity index is 2.56. The minimum absolute atomic E-state index is 0.142. The molecule has 0 bridgehead atoms. The van der Waals surface area contributed by atoms with E-state index >= 15 is 0 Å². The van der Waals surface area contributed by atoms with Crippen molar-refractivity contribution in [2.45, 2.75) is 45.4 Å². The maximum Gasteiger partial charge on any atom is 0.305 e. The van der Waals surface area contributed by atoms with Crippen molar-refractivity contribution in [3.8, 4) is 0 Å². The van der Waals surface area contributed by atoms with E-state index in [1.165, 1.54) is 25.7 Å². The Morgan fingerprint density at radius 1 is 1.15 bits per heavy atom. The van der Waals surface area contributed by atoms with E-state index in [9.17, 15) is 4.79 Å². The maximum atomic E-state index is 10.8. The van der Waals surface area contributed by atoms with Crippen molar-refractivity contribution in [3.63, 3.8) is 0 Å². The summed E-state index contributed by atoms with van der Waals surface area (Å²) >= 11 is 0. The number of carboxylic acid groups (broad SMARTS) is 1. The van der Waals surface area contributed by atoms with E-state index < -0.39 is 5.97 Å². The van der Waals surface area contributed by atoms with Crippen LogP contribution >= 0.6 is 0 Å². The van der Waals surface area contributed by atoms with Crippen molar-refractivity contribution in [2.75, 3.05) is 23.7 Å². The van der Waals surface area contributed by atoms with Gasteiger partial charge in [-0.1, -0.05) is 44.7 Å². The second-order valence-corrected chi connectivity index (χ2v) is 5.10. The number of nitrogens with two attached hydrogens (primary N) is 1. The van der Waals surface area contributed by atoms with Gasteiger partial charge in [-0.05, 0) is 18.6 Å². The van der Waals surface area contributed by atoms with Gasteiger partial charge in [-0.15, -0.1) is 0 Å². The van der Waals surface area contributed by atoms with Gasteiger partial charge < -0.3 is 15.7 Å². The summed E-state index contributed by atoms with van der Waals surface area (Å²) in [5, 5.41) is 8.86. The van der Waals surface area contributed by atoms with Crippen LogP contribution in [-0.4, -0.2) is 24.2 Å². The molecule has 0 aliphatic heterocycles. The van der Waals surface area contributed by atoms with Crippen LogP contribution in [0.25, 0.3) is 0 Å². The molecule has 112 valence electrons. The fourth-order valence-corrected chi connectivity index (χ4v) is 2.27. The average Bonchev–Trinajstić information content (AvgIpc) is 2.43. The Bertz CT molecular complexity index is 407. The standard InChI is InChI=1S/C16H26N2O2/c1-2-3-4-5-8-12-18(13-11-16(19)20)15-10-7-6-9-14(15)17/h6-7,9-10H,2-5,8,11-13,17H2,1H3,(H,19,20). The van der Waals surface area contributed by atoms with Crippen molar-refractivity contribution < 1.29 is 9.90 Å². The third-order valence-electron chi connectivity index (χ3n) is 3.40. The number of carbonyl (C=O) groups is 1. The summed E-state index contributed by atoms with van der Waals surface area (Å²) in [6.07, 6.45) is 6.14. The molecule has 3 N–H and O–H groups in total. The van der Waals surface area contributed by atoms with Crippen LogP contribution < -0.4 is 10.6 Å². The fraction of sp³-hybridized carbons (Fsp3) is 0.562. The van der Waals surface area contributed by atoms with Gasteiger partial charge in [0.05, 0.1) is 17.8 Å². The molecule has 1 aromatic rings. The third-order valence-corrected chi connectivity index (χ3v) is 3.40. The van der Waals surface area contributed by atoms with E-state index in [1.54, 1.807) is 0 Å². The Morgan fingerprint density at radius 2 is 1.85 bits per heavy atom. The Hall–Kier alpha value is -1.71. The molecular formula is C16H26N2O2. The molecule has 1 aromatic carbocycles.